The van der Waals surface area contributed by atoms with Gasteiger partial charge in [-0.25, -0.2) is 0 Å². The fourth-order valence-electron chi connectivity index (χ4n) is 1.72. The average molecular weight is 317 g/mol. The Labute approximate surface area is 120 Å². The van der Waals surface area contributed by atoms with E-state index in [0.717, 1.165) is 15.8 Å². The second-order valence-electron chi connectivity index (χ2n) is 3.92. The molecule has 0 unspecified atom stereocenters. The summed E-state index contributed by atoms with van der Waals surface area (Å²) in [4.78, 5) is 12.1. The molecule has 2 rings (SSSR count). The molecule has 0 aliphatic heterocycles. The van der Waals surface area contributed by atoms with Crippen molar-refractivity contribution in [2.75, 3.05) is 7.11 Å². The van der Waals surface area contributed by atoms with Crippen molar-refractivity contribution in [3.05, 3.63) is 70.2 Å². The molecule has 0 radical (unpaired) electrons. The van der Waals surface area contributed by atoms with Gasteiger partial charge in [0.1, 0.15) is 5.75 Å². The number of ketones is 1. The second-order valence-corrected chi connectivity index (χ2v) is 4.77. The minimum absolute atomic E-state index is 0.0432. The molecule has 0 amide bonds. The average Bonchev–Trinajstić information content (AvgIpc) is 2.45. The molecular formula is C16H13BrO2. The number of carbonyl (C=O) groups is 1. The molecule has 0 bridgehead atoms. The number of allylic oxidation sites excluding steroid dienone is 1. The van der Waals surface area contributed by atoms with Crippen LogP contribution in [0.25, 0.3) is 6.08 Å². The highest BCUT2D eigenvalue weighted by molar-refractivity contribution is 9.10. The second kappa shape index (κ2) is 6.34. The Kier molecular flexibility index (Phi) is 4.53. The van der Waals surface area contributed by atoms with Crippen LogP contribution in [0.15, 0.2) is 59.1 Å². The van der Waals surface area contributed by atoms with Gasteiger partial charge >= 0.3 is 0 Å². The van der Waals surface area contributed by atoms with E-state index < -0.39 is 0 Å². The van der Waals surface area contributed by atoms with Crippen LogP contribution >= 0.6 is 15.9 Å². The summed E-state index contributed by atoms with van der Waals surface area (Å²) in [5, 5.41) is 0. The normalized spacial score (nSPS) is 10.6. The SMILES string of the molecule is COc1ccccc1/C=C/C(=O)c1ccccc1Br. The molecule has 96 valence electrons. The Morgan fingerprint density at radius 1 is 1.11 bits per heavy atom. The van der Waals surface area contributed by atoms with E-state index in [2.05, 4.69) is 15.9 Å². The maximum atomic E-state index is 12.1. The molecule has 19 heavy (non-hydrogen) atoms. The van der Waals surface area contributed by atoms with E-state index in [9.17, 15) is 4.79 Å². The van der Waals surface area contributed by atoms with Crippen LogP contribution in [0.4, 0.5) is 0 Å². The number of benzene rings is 2. The Bertz CT molecular complexity index is 618. The molecule has 0 aromatic heterocycles. The van der Waals surface area contributed by atoms with Gasteiger partial charge in [0.15, 0.2) is 5.78 Å². The lowest BCUT2D eigenvalue weighted by Crippen LogP contribution is -1.95. The Morgan fingerprint density at radius 3 is 2.53 bits per heavy atom. The van der Waals surface area contributed by atoms with Crippen LogP contribution in [-0.4, -0.2) is 12.9 Å². The van der Waals surface area contributed by atoms with Crippen molar-refractivity contribution in [1.82, 2.24) is 0 Å². The van der Waals surface area contributed by atoms with Crippen LogP contribution in [0.3, 0.4) is 0 Å². The summed E-state index contributed by atoms with van der Waals surface area (Å²) < 4.78 is 6.03. The number of methoxy groups -OCH3 is 1. The van der Waals surface area contributed by atoms with Gasteiger partial charge in [-0.1, -0.05) is 46.3 Å². The molecule has 0 fully saturated rings. The summed E-state index contributed by atoms with van der Waals surface area (Å²) in [6.45, 7) is 0. The summed E-state index contributed by atoms with van der Waals surface area (Å²) >= 11 is 3.37. The van der Waals surface area contributed by atoms with E-state index >= 15 is 0 Å². The van der Waals surface area contributed by atoms with Gasteiger partial charge < -0.3 is 4.74 Å². The van der Waals surface area contributed by atoms with Crippen molar-refractivity contribution in [3.63, 3.8) is 0 Å². The van der Waals surface area contributed by atoms with Crippen molar-refractivity contribution < 1.29 is 9.53 Å². The number of hydrogen-bond acceptors (Lipinski definition) is 2. The molecule has 0 saturated carbocycles. The zero-order valence-electron chi connectivity index (χ0n) is 10.5. The maximum Gasteiger partial charge on any atom is 0.186 e. The summed E-state index contributed by atoms with van der Waals surface area (Å²) in [5.41, 5.74) is 1.53. The lowest BCUT2D eigenvalue weighted by molar-refractivity contribution is 0.104. The van der Waals surface area contributed by atoms with E-state index in [1.165, 1.54) is 0 Å². The number of halogens is 1. The summed E-state index contributed by atoms with van der Waals surface area (Å²) in [7, 11) is 1.61. The van der Waals surface area contributed by atoms with Crippen molar-refractivity contribution in [1.29, 1.82) is 0 Å². The minimum Gasteiger partial charge on any atom is -0.496 e. The Hall–Kier alpha value is -1.87. The van der Waals surface area contributed by atoms with E-state index in [-0.39, 0.29) is 5.78 Å². The molecule has 0 aliphatic carbocycles. The number of hydrogen-bond donors (Lipinski definition) is 0. The Morgan fingerprint density at radius 2 is 1.79 bits per heavy atom. The molecular weight excluding hydrogens is 304 g/mol. The van der Waals surface area contributed by atoms with E-state index in [1.807, 2.05) is 42.5 Å². The molecule has 0 spiro atoms. The fraction of sp³-hybridized carbons (Fsp3) is 0.0625. The first-order valence-electron chi connectivity index (χ1n) is 5.82. The van der Waals surface area contributed by atoms with Gasteiger partial charge in [-0.05, 0) is 30.4 Å². The predicted octanol–water partition coefficient (Wildman–Crippen LogP) is 4.35. The topological polar surface area (TPSA) is 26.3 Å². The molecule has 0 atom stereocenters. The van der Waals surface area contributed by atoms with Gasteiger partial charge in [0, 0.05) is 15.6 Å². The first-order valence-corrected chi connectivity index (χ1v) is 6.61. The first kappa shape index (κ1) is 13.6. The van der Waals surface area contributed by atoms with E-state index in [1.54, 1.807) is 25.3 Å². The van der Waals surface area contributed by atoms with Gasteiger partial charge in [0.2, 0.25) is 0 Å². The molecule has 0 saturated heterocycles. The standard InChI is InChI=1S/C16H13BrO2/c1-19-16-9-5-2-6-12(16)10-11-15(18)13-7-3-4-8-14(13)17/h2-11H,1H3/b11-10+. The predicted molar refractivity (Wildman–Crippen MR) is 80.5 cm³/mol. The number of para-hydroxylation sites is 1. The minimum atomic E-state index is -0.0432. The molecule has 0 N–H and O–H groups in total. The van der Waals surface area contributed by atoms with Crippen LogP contribution in [0.2, 0.25) is 0 Å². The number of carbonyl (C=O) groups excluding carboxylic acids is 1. The van der Waals surface area contributed by atoms with Crippen LogP contribution < -0.4 is 4.74 Å². The fourth-order valence-corrected chi connectivity index (χ4v) is 2.20. The van der Waals surface area contributed by atoms with Crippen molar-refractivity contribution >= 4 is 27.8 Å². The number of ether oxygens (including phenoxy) is 1. The highest BCUT2D eigenvalue weighted by atomic mass is 79.9. The molecule has 2 nitrogen and oxygen atoms in total. The third-order valence-corrected chi connectivity index (χ3v) is 3.38. The quantitative estimate of drug-likeness (QED) is 0.619. The molecule has 2 aromatic rings. The van der Waals surface area contributed by atoms with Crippen LogP contribution in [0, 0.1) is 0 Å². The summed E-state index contributed by atoms with van der Waals surface area (Å²) in [6.07, 6.45) is 3.32. The molecule has 2 aromatic carbocycles. The highest BCUT2D eigenvalue weighted by Crippen LogP contribution is 2.20. The maximum absolute atomic E-state index is 12.1. The van der Waals surface area contributed by atoms with Crippen LogP contribution in [0.1, 0.15) is 15.9 Å². The zero-order chi connectivity index (χ0) is 13.7. The van der Waals surface area contributed by atoms with Crippen molar-refractivity contribution in [3.8, 4) is 5.75 Å². The Balaban J connectivity index is 2.24. The zero-order valence-corrected chi connectivity index (χ0v) is 12.1. The summed E-state index contributed by atoms with van der Waals surface area (Å²) in [5.74, 6) is 0.706. The molecule has 3 heteroatoms. The third kappa shape index (κ3) is 3.32. The van der Waals surface area contributed by atoms with Gasteiger partial charge in [-0.2, -0.15) is 0 Å². The number of rotatable bonds is 4. The third-order valence-electron chi connectivity index (χ3n) is 2.69. The summed E-state index contributed by atoms with van der Waals surface area (Å²) in [6, 6.07) is 14.9. The largest absolute Gasteiger partial charge is 0.496 e. The van der Waals surface area contributed by atoms with Gasteiger partial charge in [-0.15, -0.1) is 0 Å². The van der Waals surface area contributed by atoms with E-state index in [4.69, 9.17) is 4.74 Å². The molecule has 0 aliphatic rings. The monoisotopic (exact) mass is 316 g/mol. The van der Waals surface area contributed by atoms with Gasteiger partial charge in [0.05, 0.1) is 7.11 Å². The van der Waals surface area contributed by atoms with Gasteiger partial charge in [-0.3, -0.25) is 4.79 Å². The van der Waals surface area contributed by atoms with Crippen molar-refractivity contribution in [2.45, 2.75) is 0 Å². The van der Waals surface area contributed by atoms with Crippen molar-refractivity contribution in [2.24, 2.45) is 0 Å². The lowest BCUT2D eigenvalue weighted by Gasteiger charge is -2.03. The van der Waals surface area contributed by atoms with Crippen LogP contribution in [-0.2, 0) is 0 Å². The van der Waals surface area contributed by atoms with Crippen LogP contribution in [0.5, 0.6) is 5.75 Å². The first-order chi connectivity index (χ1) is 9.22. The van der Waals surface area contributed by atoms with Gasteiger partial charge in [0.25, 0.3) is 0 Å². The smallest absolute Gasteiger partial charge is 0.186 e. The van der Waals surface area contributed by atoms with E-state index in [0.29, 0.717) is 5.56 Å². The molecule has 0 heterocycles. The highest BCUT2D eigenvalue weighted by Gasteiger charge is 2.06. The lowest BCUT2D eigenvalue weighted by atomic mass is 10.1.